The first-order valence-corrected chi connectivity index (χ1v) is 20.4. The number of ether oxygens (including phenoxy) is 2. The van der Waals surface area contributed by atoms with Crippen molar-refractivity contribution in [2.24, 2.45) is 23.7 Å². The number of piperazine rings is 1. The summed E-state index contributed by atoms with van der Waals surface area (Å²) in [7, 11) is 0. The maximum absolute atomic E-state index is 13.3. The van der Waals surface area contributed by atoms with Crippen molar-refractivity contribution in [3.05, 3.63) is 114 Å². The zero-order chi connectivity index (χ0) is 37.4. The number of anilines is 1. The largest absolute Gasteiger partial charge is 0.392 e. The Bertz CT molecular complexity index is 1880. The predicted molar refractivity (Wildman–Crippen MR) is 212 cm³/mol. The Morgan fingerprint density at radius 3 is 2.15 bits per heavy atom. The van der Waals surface area contributed by atoms with Crippen molar-refractivity contribution in [3.63, 3.8) is 0 Å². The van der Waals surface area contributed by atoms with Gasteiger partial charge in [-0.05, 0) is 90.2 Å². The molecule has 10 heteroatoms. The number of carbonyl (C=O) groups excluding carboxylic acids is 1. The van der Waals surface area contributed by atoms with Crippen molar-refractivity contribution < 1.29 is 19.4 Å². The second kappa shape index (κ2) is 15.7. The molecule has 0 radical (unpaired) electrons. The molecule has 4 aromatic rings. The molecule has 288 valence electrons. The van der Waals surface area contributed by atoms with Crippen LogP contribution in [0.2, 0.25) is 0 Å². The van der Waals surface area contributed by atoms with Crippen molar-refractivity contribution in [1.29, 1.82) is 0 Å². The molecule has 0 unspecified atom stereocenters. The number of hydrogen-bond donors (Lipinski definition) is 3. The molecule has 2 saturated heterocycles. The van der Waals surface area contributed by atoms with E-state index < -0.39 is 6.29 Å². The van der Waals surface area contributed by atoms with E-state index in [0.29, 0.717) is 6.54 Å². The highest BCUT2D eigenvalue weighted by molar-refractivity contribution is 5.76. The van der Waals surface area contributed by atoms with E-state index in [9.17, 15) is 9.90 Å². The van der Waals surface area contributed by atoms with Gasteiger partial charge in [-0.2, -0.15) is 0 Å². The Balaban J connectivity index is 0.881. The molecule has 4 aliphatic carbocycles. The number of carbonyl (C=O) groups is 1. The Morgan fingerprint density at radius 2 is 1.47 bits per heavy atom. The van der Waals surface area contributed by atoms with Gasteiger partial charge in [0, 0.05) is 68.7 Å². The number of aliphatic hydroxyl groups excluding tert-OH is 1. The lowest BCUT2D eigenvalue weighted by molar-refractivity contribution is -0.276. The fourth-order valence-electron chi connectivity index (χ4n) is 10.7. The van der Waals surface area contributed by atoms with Gasteiger partial charge in [-0.1, -0.05) is 79.7 Å². The summed E-state index contributed by atoms with van der Waals surface area (Å²) in [4.78, 5) is 26.9. The maximum atomic E-state index is 13.3. The Kier molecular flexibility index (Phi) is 10.3. The molecule has 6 aliphatic rings. The highest BCUT2D eigenvalue weighted by Crippen LogP contribution is 2.55. The van der Waals surface area contributed by atoms with Gasteiger partial charge < -0.3 is 30.1 Å². The number of urea groups is 1. The standard InChI is InChI=1S/C45H54N6O4/c1-30-40(28-50-17-19-51(20-18-50)43-46-15-4-16-47-43)54-42(55-41(30)36-9-7-31(29-52)8-10-36)37-13-11-35(12-14-37)39-6-3-2-5-38(39)27-48-44(53)49-45-24-32-21-33(25-45)23-34(22-32)26-45/h2-16,30,32-34,40-42,52H,17-29H2,1H3,(H2,48,49,53)/t30-,32?,33?,34?,40+,41+,42+,45?/m1/s1. The van der Waals surface area contributed by atoms with Crippen LogP contribution in [0.1, 0.15) is 80.1 Å². The molecule has 55 heavy (non-hydrogen) atoms. The summed E-state index contributed by atoms with van der Waals surface area (Å²) in [5.41, 5.74) is 6.19. The minimum atomic E-state index is -0.540. The van der Waals surface area contributed by atoms with Crippen molar-refractivity contribution in [2.45, 2.75) is 82.6 Å². The summed E-state index contributed by atoms with van der Waals surface area (Å²) in [5.74, 6) is 3.25. The Labute approximate surface area is 324 Å². The van der Waals surface area contributed by atoms with E-state index in [2.05, 4.69) is 91.9 Å². The molecule has 2 amide bonds. The fraction of sp³-hybridized carbons (Fsp3) is 0.489. The van der Waals surface area contributed by atoms with Gasteiger partial charge >= 0.3 is 6.03 Å². The van der Waals surface area contributed by atoms with Crippen LogP contribution in [0.15, 0.2) is 91.3 Å². The molecule has 1 aromatic heterocycles. The lowest BCUT2D eigenvalue weighted by Crippen LogP contribution is -2.61. The summed E-state index contributed by atoms with van der Waals surface area (Å²) in [6.07, 6.45) is 10.3. The van der Waals surface area contributed by atoms with Crippen LogP contribution in [-0.4, -0.2) is 70.4 Å². The van der Waals surface area contributed by atoms with Crippen LogP contribution in [0.4, 0.5) is 10.7 Å². The second-order valence-corrected chi connectivity index (χ2v) is 16.9. The zero-order valence-electron chi connectivity index (χ0n) is 31.9. The number of aliphatic hydroxyl groups is 1. The van der Waals surface area contributed by atoms with Crippen molar-refractivity contribution in [1.82, 2.24) is 25.5 Å². The number of rotatable bonds is 10. The minimum Gasteiger partial charge on any atom is -0.392 e. The summed E-state index contributed by atoms with van der Waals surface area (Å²) >= 11 is 0. The molecule has 2 aliphatic heterocycles. The second-order valence-electron chi connectivity index (χ2n) is 16.9. The van der Waals surface area contributed by atoms with Gasteiger partial charge in [-0.15, -0.1) is 0 Å². The average molecular weight is 743 g/mol. The quantitative estimate of drug-likeness (QED) is 0.159. The molecule has 3 heterocycles. The van der Waals surface area contributed by atoms with Crippen LogP contribution >= 0.6 is 0 Å². The van der Waals surface area contributed by atoms with E-state index in [1.807, 2.05) is 24.3 Å². The van der Waals surface area contributed by atoms with Crippen LogP contribution in [0.5, 0.6) is 0 Å². The number of nitrogens with one attached hydrogen (secondary N) is 2. The molecule has 10 rings (SSSR count). The Morgan fingerprint density at radius 1 is 0.818 bits per heavy atom. The third kappa shape index (κ3) is 7.87. The number of hydrogen-bond acceptors (Lipinski definition) is 8. The molecule has 6 fully saturated rings. The van der Waals surface area contributed by atoms with Crippen LogP contribution in [0, 0.1) is 23.7 Å². The summed E-state index contributed by atoms with van der Waals surface area (Å²) in [5, 5.41) is 16.4. The summed E-state index contributed by atoms with van der Waals surface area (Å²) < 4.78 is 13.6. The number of benzene rings is 3. The lowest BCUT2D eigenvalue weighted by atomic mass is 9.53. The van der Waals surface area contributed by atoms with Gasteiger partial charge in [0.15, 0.2) is 6.29 Å². The molecular weight excluding hydrogens is 689 g/mol. The number of nitrogens with zero attached hydrogens (tertiary/aromatic N) is 4. The number of amides is 2. The first-order valence-electron chi connectivity index (χ1n) is 20.4. The first-order chi connectivity index (χ1) is 26.9. The lowest BCUT2D eigenvalue weighted by Gasteiger charge is -2.56. The van der Waals surface area contributed by atoms with Crippen molar-refractivity contribution in [2.75, 3.05) is 37.6 Å². The molecule has 10 nitrogen and oxygen atoms in total. The molecule has 4 atom stereocenters. The monoisotopic (exact) mass is 742 g/mol. The van der Waals surface area contributed by atoms with Gasteiger partial charge in [0.05, 0.1) is 18.8 Å². The summed E-state index contributed by atoms with van der Waals surface area (Å²) in [6.45, 7) is 7.02. The topological polar surface area (TPSA) is 112 Å². The maximum Gasteiger partial charge on any atom is 0.315 e. The SMILES string of the molecule is C[C@@H]1[C@H](CN2CCN(c3ncccn3)CC2)O[C@H](c2ccc(-c3ccccc3CNC(=O)NC34CC5CC(CC(C5)C3)C4)cc2)O[C@@H]1c1ccc(CO)cc1. The van der Waals surface area contributed by atoms with E-state index in [1.165, 1.54) is 19.3 Å². The van der Waals surface area contributed by atoms with Crippen molar-refractivity contribution >= 4 is 12.0 Å². The molecular formula is C45H54N6O4. The highest BCUT2D eigenvalue weighted by Gasteiger charge is 2.51. The van der Waals surface area contributed by atoms with E-state index in [-0.39, 0.29) is 36.3 Å². The van der Waals surface area contributed by atoms with Gasteiger partial charge in [-0.25, -0.2) is 14.8 Å². The van der Waals surface area contributed by atoms with Crippen molar-refractivity contribution in [3.8, 4) is 11.1 Å². The van der Waals surface area contributed by atoms with Gasteiger partial charge in [-0.3, -0.25) is 4.90 Å². The van der Waals surface area contributed by atoms with Crippen LogP contribution in [0.25, 0.3) is 11.1 Å². The van der Waals surface area contributed by atoms with E-state index in [1.54, 1.807) is 12.4 Å². The van der Waals surface area contributed by atoms with E-state index >= 15 is 0 Å². The zero-order valence-corrected chi connectivity index (χ0v) is 31.9. The van der Waals surface area contributed by atoms with Gasteiger partial charge in [0.2, 0.25) is 5.95 Å². The fourth-order valence-corrected chi connectivity index (χ4v) is 10.7. The molecule has 3 N–H and O–H groups in total. The summed E-state index contributed by atoms with van der Waals surface area (Å²) in [6, 6.07) is 26.7. The molecule has 0 spiro atoms. The van der Waals surface area contributed by atoms with Crippen LogP contribution in [-0.2, 0) is 22.6 Å². The molecule has 3 aromatic carbocycles. The number of aromatic nitrogens is 2. The van der Waals surface area contributed by atoms with E-state index in [0.717, 1.165) is 109 Å². The average Bonchev–Trinajstić information content (AvgIpc) is 3.21. The molecule has 4 saturated carbocycles. The highest BCUT2D eigenvalue weighted by atomic mass is 16.7. The molecule has 4 bridgehead atoms. The minimum absolute atomic E-state index is 0.0102. The smallest absolute Gasteiger partial charge is 0.315 e. The third-order valence-corrected chi connectivity index (χ3v) is 13.1. The normalized spacial score (nSPS) is 30.3. The third-order valence-electron chi connectivity index (χ3n) is 13.1. The van der Waals surface area contributed by atoms with Gasteiger partial charge in [0.25, 0.3) is 0 Å². The van der Waals surface area contributed by atoms with Crippen LogP contribution < -0.4 is 15.5 Å². The van der Waals surface area contributed by atoms with Crippen LogP contribution in [0.3, 0.4) is 0 Å². The van der Waals surface area contributed by atoms with E-state index in [4.69, 9.17) is 9.47 Å². The first kappa shape index (κ1) is 36.3. The van der Waals surface area contributed by atoms with Gasteiger partial charge in [0.1, 0.15) is 0 Å². The predicted octanol–water partition coefficient (Wildman–Crippen LogP) is 7.02. The Hall–Kier alpha value is -4.35.